The molecule has 3 aromatic rings. The van der Waals surface area contributed by atoms with Gasteiger partial charge in [-0.3, -0.25) is 0 Å². The quantitative estimate of drug-likeness (QED) is 0.743. The van der Waals surface area contributed by atoms with E-state index in [4.69, 9.17) is 14.0 Å². The molecule has 1 aliphatic heterocycles. The lowest BCUT2D eigenvalue weighted by molar-refractivity contribution is 0.192. The average molecular weight is 313 g/mol. The topological polar surface area (TPSA) is 62.3 Å². The molecule has 1 atom stereocenters. The van der Waals surface area contributed by atoms with E-state index in [0.717, 1.165) is 46.8 Å². The van der Waals surface area contributed by atoms with Crippen LogP contribution in [0.3, 0.4) is 0 Å². The lowest BCUT2D eigenvalue weighted by atomic mass is 10.1. The van der Waals surface area contributed by atoms with Crippen LogP contribution in [0, 0.1) is 6.92 Å². The minimum atomic E-state index is 0.234. The van der Waals surface area contributed by atoms with Gasteiger partial charge in [-0.15, -0.1) is 0 Å². The van der Waals surface area contributed by atoms with Crippen LogP contribution in [0.4, 0.5) is 0 Å². The van der Waals surface area contributed by atoms with E-state index in [1.54, 1.807) is 7.11 Å². The van der Waals surface area contributed by atoms with Gasteiger partial charge in [0.1, 0.15) is 5.75 Å². The molecular weight excluding hydrogens is 294 g/mol. The van der Waals surface area contributed by atoms with E-state index in [1.165, 1.54) is 0 Å². The number of aromatic nitrogens is 3. The first-order valence-corrected chi connectivity index (χ1v) is 7.73. The van der Waals surface area contributed by atoms with Crippen molar-refractivity contribution in [3.8, 4) is 17.2 Å². The summed E-state index contributed by atoms with van der Waals surface area (Å²) in [6, 6.07) is 6.02. The van der Waals surface area contributed by atoms with Crippen LogP contribution in [0.5, 0.6) is 5.75 Å². The van der Waals surface area contributed by atoms with Crippen LogP contribution < -0.4 is 4.74 Å². The average Bonchev–Trinajstić information content (AvgIpc) is 3.28. The van der Waals surface area contributed by atoms with Gasteiger partial charge in [-0.1, -0.05) is 5.16 Å². The summed E-state index contributed by atoms with van der Waals surface area (Å²) >= 11 is 0. The van der Waals surface area contributed by atoms with Crippen LogP contribution >= 0.6 is 0 Å². The highest BCUT2D eigenvalue weighted by atomic mass is 16.5. The Bertz CT molecular complexity index is 859. The van der Waals surface area contributed by atoms with Crippen molar-refractivity contribution in [2.75, 3.05) is 20.3 Å². The van der Waals surface area contributed by atoms with Crippen LogP contribution in [-0.4, -0.2) is 35.0 Å². The molecule has 0 spiro atoms. The second-order valence-corrected chi connectivity index (χ2v) is 5.92. The van der Waals surface area contributed by atoms with Crippen LogP contribution in [0.25, 0.3) is 22.4 Å². The fourth-order valence-electron chi connectivity index (χ4n) is 3.19. The van der Waals surface area contributed by atoms with Gasteiger partial charge in [0.15, 0.2) is 5.82 Å². The van der Waals surface area contributed by atoms with E-state index >= 15 is 0 Å². The number of hydrogen-bond acceptors (Lipinski definition) is 5. The smallest absolute Gasteiger partial charge is 0.260 e. The number of hydrogen-bond donors (Lipinski definition) is 0. The maximum atomic E-state index is 5.57. The van der Waals surface area contributed by atoms with Gasteiger partial charge in [-0.2, -0.15) is 4.98 Å². The summed E-state index contributed by atoms with van der Waals surface area (Å²) < 4.78 is 18.5. The predicted molar refractivity (Wildman–Crippen MR) is 85.7 cm³/mol. The Balaban J connectivity index is 1.86. The standard InChI is InChI=1S/C17H19N3O3/c1-10-15(13-8-12(21-3)4-5-14(13)20(10)2)17-18-16(19-23-17)11-6-7-22-9-11/h4-5,8,11H,6-7,9H2,1-3H3/t11-/m1/s1. The Morgan fingerprint density at radius 1 is 1.35 bits per heavy atom. The zero-order valence-electron chi connectivity index (χ0n) is 13.5. The zero-order valence-corrected chi connectivity index (χ0v) is 13.5. The van der Waals surface area contributed by atoms with Gasteiger partial charge in [0.25, 0.3) is 5.89 Å². The molecule has 0 amide bonds. The largest absolute Gasteiger partial charge is 0.497 e. The fourth-order valence-corrected chi connectivity index (χ4v) is 3.19. The fraction of sp³-hybridized carbons (Fsp3) is 0.412. The summed E-state index contributed by atoms with van der Waals surface area (Å²) in [5, 5.41) is 5.23. The van der Waals surface area contributed by atoms with E-state index in [9.17, 15) is 0 Å². The van der Waals surface area contributed by atoms with E-state index in [0.29, 0.717) is 12.5 Å². The number of ether oxygens (including phenoxy) is 2. The first-order chi connectivity index (χ1) is 11.2. The number of nitrogens with zero attached hydrogens (tertiary/aromatic N) is 3. The Morgan fingerprint density at radius 3 is 2.96 bits per heavy atom. The summed E-state index contributed by atoms with van der Waals surface area (Å²) in [4.78, 5) is 4.63. The molecule has 0 N–H and O–H groups in total. The molecular formula is C17H19N3O3. The SMILES string of the molecule is COc1ccc2c(c1)c(-c1nc([C@@H]3CCOC3)no1)c(C)n2C. The molecule has 6 nitrogen and oxygen atoms in total. The summed E-state index contributed by atoms with van der Waals surface area (Å²) in [7, 11) is 3.71. The molecule has 120 valence electrons. The molecule has 2 aromatic heterocycles. The Hall–Kier alpha value is -2.34. The van der Waals surface area contributed by atoms with Crippen LogP contribution in [0.15, 0.2) is 22.7 Å². The third-order valence-electron chi connectivity index (χ3n) is 4.65. The molecule has 1 aromatic carbocycles. The third-order valence-corrected chi connectivity index (χ3v) is 4.65. The Kier molecular flexibility index (Phi) is 3.34. The van der Waals surface area contributed by atoms with Crippen molar-refractivity contribution in [1.82, 2.24) is 14.7 Å². The van der Waals surface area contributed by atoms with Gasteiger partial charge in [0, 0.05) is 36.2 Å². The van der Waals surface area contributed by atoms with Gasteiger partial charge in [-0.25, -0.2) is 0 Å². The highest BCUT2D eigenvalue weighted by Gasteiger charge is 2.25. The number of fused-ring (bicyclic) bond motifs is 1. The molecule has 1 fully saturated rings. The lowest BCUT2D eigenvalue weighted by Gasteiger charge is -2.00. The van der Waals surface area contributed by atoms with E-state index in [-0.39, 0.29) is 5.92 Å². The molecule has 23 heavy (non-hydrogen) atoms. The Morgan fingerprint density at radius 2 is 2.22 bits per heavy atom. The number of aryl methyl sites for hydroxylation is 1. The molecule has 4 rings (SSSR count). The summed E-state index contributed by atoms with van der Waals surface area (Å²) in [6.07, 6.45) is 0.946. The van der Waals surface area contributed by atoms with Gasteiger partial charge < -0.3 is 18.6 Å². The molecule has 0 saturated carbocycles. The van der Waals surface area contributed by atoms with Crippen LogP contribution in [-0.2, 0) is 11.8 Å². The molecule has 0 unspecified atom stereocenters. The van der Waals surface area contributed by atoms with Crippen molar-refractivity contribution in [3.05, 3.63) is 29.7 Å². The first kappa shape index (κ1) is 14.3. The van der Waals surface area contributed by atoms with E-state index < -0.39 is 0 Å². The normalized spacial score (nSPS) is 18.0. The van der Waals surface area contributed by atoms with Crippen molar-refractivity contribution < 1.29 is 14.0 Å². The van der Waals surface area contributed by atoms with Crippen molar-refractivity contribution in [1.29, 1.82) is 0 Å². The second-order valence-electron chi connectivity index (χ2n) is 5.92. The van der Waals surface area contributed by atoms with Crippen LogP contribution in [0.2, 0.25) is 0 Å². The monoisotopic (exact) mass is 313 g/mol. The number of benzene rings is 1. The van der Waals surface area contributed by atoms with Crippen molar-refractivity contribution >= 4 is 10.9 Å². The molecule has 0 radical (unpaired) electrons. The predicted octanol–water partition coefficient (Wildman–Crippen LogP) is 3.05. The highest BCUT2D eigenvalue weighted by Crippen LogP contribution is 2.36. The van der Waals surface area contributed by atoms with Gasteiger partial charge >= 0.3 is 0 Å². The van der Waals surface area contributed by atoms with Gasteiger partial charge in [0.2, 0.25) is 0 Å². The molecule has 0 aliphatic carbocycles. The third kappa shape index (κ3) is 2.21. The zero-order chi connectivity index (χ0) is 16.0. The van der Waals surface area contributed by atoms with Crippen molar-refractivity contribution in [2.24, 2.45) is 7.05 Å². The molecule has 0 bridgehead atoms. The lowest BCUT2D eigenvalue weighted by Crippen LogP contribution is -1.99. The van der Waals surface area contributed by atoms with Gasteiger partial charge in [-0.05, 0) is 31.5 Å². The first-order valence-electron chi connectivity index (χ1n) is 7.73. The maximum absolute atomic E-state index is 5.57. The summed E-state index contributed by atoms with van der Waals surface area (Å²) in [6.45, 7) is 3.49. The number of methoxy groups -OCH3 is 1. The van der Waals surface area contributed by atoms with Gasteiger partial charge in [0.05, 0.1) is 19.3 Å². The van der Waals surface area contributed by atoms with Crippen molar-refractivity contribution in [2.45, 2.75) is 19.3 Å². The maximum Gasteiger partial charge on any atom is 0.260 e. The second kappa shape index (κ2) is 5.38. The Labute approximate surface area is 134 Å². The van der Waals surface area contributed by atoms with Crippen LogP contribution in [0.1, 0.15) is 23.9 Å². The summed E-state index contributed by atoms with van der Waals surface area (Å²) in [5.41, 5.74) is 3.17. The van der Waals surface area contributed by atoms with E-state index in [2.05, 4.69) is 21.6 Å². The molecule has 6 heteroatoms. The molecule has 3 heterocycles. The van der Waals surface area contributed by atoms with Crippen molar-refractivity contribution in [3.63, 3.8) is 0 Å². The molecule has 1 saturated heterocycles. The number of rotatable bonds is 3. The van der Waals surface area contributed by atoms with E-state index in [1.807, 2.05) is 25.2 Å². The minimum Gasteiger partial charge on any atom is -0.497 e. The minimum absolute atomic E-state index is 0.234. The highest BCUT2D eigenvalue weighted by molar-refractivity contribution is 5.96. The molecule has 1 aliphatic rings. The summed E-state index contributed by atoms with van der Waals surface area (Å²) in [5.74, 6) is 2.34.